The summed E-state index contributed by atoms with van der Waals surface area (Å²) in [5.74, 6) is 0. The molecule has 2 rings (SSSR count). The van der Waals surface area contributed by atoms with Crippen molar-refractivity contribution in [1.29, 1.82) is 0 Å². The number of nitrogens with zero attached hydrogens (tertiary/aromatic N) is 2. The zero-order valence-electron chi connectivity index (χ0n) is 10.9. The molecule has 4 heteroatoms. The maximum absolute atomic E-state index is 12.2. The Bertz CT molecular complexity index is 396. The van der Waals surface area contributed by atoms with Gasteiger partial charge in [0.1, 0.15) is 0 Å². The molecular weight excluding hydrogens is 226 g/mol. The number of carbonyl (C=O) groups excluding carboxylic acids is 1. The lowest BCUT2D eigenvalue weighted by Gasteiger charge is -2.31. The predicted molar refractivity (Wildman–Crippen MR) is 73.1 cm³/mol. The van der Waals surface area contributed by atoms with Gasteiger partial charge in [-0.3, -0.25) is 0 Å². The molecule has 1 fully saturated rings. The van der Waals surface area contributed by atoms with Crippen molar-refractivity contribution in [2.75, 3.05) is 25.9 Å². The molecule has 1 aliphatic heterocycles. The van der Waals surface area contributed by atoms with E-state index in [1.165, 1.54) is 6.42 Å². The lowest BCUT2D eigenvalue weighted by Crippen LogP contribution is -2.43. The van der Waals surface area contributed by atoms with E-state index >= 15 is 0 Å². The van der Waals surface area contributed by atoms with Gasteiger partial charge < -0.3 is 15.5 Å². The largest absolute Gasteiger partial charge is 0.399 e. The molecule has 0 radical (unpaired) electrons. The van der Waals surface area contributed by atoms with E-state index in [1.807, 2.05) is 36.2 Å². The third kappa shape index (κ3) is 3.15. The van der Waals surface area contributed by atoms with E-state index in [-0.39, 0.29) is 6.03 Å². The summed E-state index contributed by atoms with van der Waals surface area (Å²) in [6.45, 7) is 2.42. The number of nitrogens with two attached hydrogens (primary N) is 1. The Kier molecular flexibility index (Phi) is 4.07. The van der Waals surface area contributed by atoms with Gasteiger partial charge in [0.15, 0.2) is 0 Å². The average molecular weight is 247 g/mol. The molecule has 18 heavy (non-hydrogen) atoms. The first-order chi connectivity index (χ1) is 8.66. The summed E-state index contributed by atoms with van der Waals surface area (Å²) in [6, 6.07) is 7.81. The SMILES string of the molecule is CN(Cc1ccc(N)cc1)C(=O)N1CCCCC1. The molecule has 2 N–H and O–H groups in total. The number of nitrogen functional groups attached to an aromatic ring is 1. The first kappa shape index (κ1) is 12.7. The number of rotatable bonds is 2. The topological polar surface area (TPSA) is 49.6 Å². The summed E-state index contributed by atoms with van der Waals surface area (Å²) >= 11 is 0. The van der Waals surface area contributed by atoms with Gasteiger partial charge in [-0.2, -0.15) is 0 Å². The number of likely N-dealkylation sites (tertiary alicyclic amines) is 1. The molecule has 1 saturated heterocycles. The van der Waals surface area contributed by atoms with Crippen molar-refractivity contribution in [3.8, 4) is 0 Å². The minimum atomic E-state index is 0.131. The van der Waals surface area contributed by atoms with Crippen molar-refractivity contribution in [3.05, 3.63) is 29.8 Å². The van der Waals surface area contributed by atoms with Crippen LogP contribution in [0.3, 0.4) is 0 Å². The zero-order chi connectivity index (χ0) is 13.0. The highest BCUT2D eigenvalue weighted by atomic mass is 16.2. The van der Waals surface area contributed by atoms with Crippen molar-refractivity contribution in [2.24, 2.45) is 0 Å². The van der Waals surface area contributed by atoms with Crippen LogP contribution in [0.1, 0.15) is 24.8 Å². The molecule has 0 unspecified atom stereocenters. The minimum absolute atomic E-state index is 0.131. The maximum Gasteiger partial charge on any atom is 0.320 e. The quantitative estimate of drug-likeness (QED) is 0.815. The fourth-order valence-electron chi connectivity index (χ4n) is 2.29. The molecule has 1 aliphatic rings. The van der Waals surface area contributed by atoms with Crippen LogP contribution in [0.25, 0.3) is 0 Å². The fourth-order valence-corrected chi connectivity index (χ4v) is 2.29. The smallest absolute Gasteiger partial charge is 0.320 e. The summed E-state index contributed by atoms with van der Waals surface area (Å²) in [7, 11) is 1.85. The van der Waals surface area contributed by atoms with Gasteiger partial charge in [-0.1, -0.05) is 12.1 Å². The van der Waals surface area contributed by atoms with Gasteiger partial charge in [0, 0.05) is 32.4 Å². The van der Waals surface area contributed by atoms with Gasteiger partial charge in [0.05, 0.1) is 0 Å². The van der Waals surface area contributed by atoms with E-state index in [0.717, 1.165) is 37.2 Å². The van der Waals surface area contributed by atoms with Gasteiger partial charge in [0.2, 0.25) is 0 Å². The normalized spacial score (nSPS) is 15.5. The highest BCUT2D eigenvalue weighted by Gasteiger charge is 2.19. The van der Waals surface area contributed by atoms with Crippen LogP contribution in [0, 0.1) is 0 Å². The summed E-state index contributed by atoms with van der Waals surface area (Å²) < 4.78 is 0. The highest BCUT2D eigenvalue weighted by Crippen LogP contribution is 2.13. The Morgan fingerprint density at radius 3 is 2.44 bits per heavy atom. The van der Waals surface area contributed by atoms with Crippen molar-refractivity contribution < 1.29 is 4.79 Å². The first-order valence-electron chi connectivity index (χ1n) is 6.51. The third-order valence-corrected chi connectivity index (χ3v) is 3.35. The van der Waals surface area contributed by atoms with Crippen LogP contribution in [-0.2, 0) is 6.54 Å². The zero-order valence-corrected chi connectivity index (χ0v) is 10.9. The van der Waals surface area contributed by atoms with Gasteiger partial charge in [-0.15, -0.1) is 0 Å². The number of carbonyl (C=O) groups is 1. The number of benzene rings is 1. The molecule has 0 bridgehead atoms. The average Bonchev–Trinajstić information content (AvgIpc) is 2.41. The van der Waals surface area contributed by atoms with Crippen LogP contribution in [-0.4, -0.2) is 36.0 Å². The first-order valence-corrected chi connectivity index (χ1v) is 6.51. The molecule has 0 atom stereocenters. The van der Waals surface area contributed by atoms with Gasteiger partial charge in [0.25, 0.3) is 0 Å². The van der Waals surface area contributed by atoms with Crippen LogP contribution in [0.15, 0.2) is 24.3 Å². The number of hydrogen-bond acceptors (Lipinski definition) is 2. The van der Waals surface area contributed by atoms with E-state index in [2.05, 4.69) is 0 Å². The van der Waals surface area contributed by atoms with Gasteiger partial charge in [-0.25, -0.2) is 4.79 Å². The molecule has 1 aromatic rings. The second-order valence-electron chi connectivity index (χ2n) is 4.93. The number of piperidine rings is 1. The third-order valence-electron chi connectivity index (χ3n) is 3.35. The molecule has 0 spiro atoms. The second kappa shape index (κ2) is 5.76. The van der Waals surface area contributed by atoms with Crippen LogP contribution in [0.5, 0.6) is 0 Å². The monoisotopic (exact) mass is 247 g/mol. The molecule has 2 amide bonds. The van der Waals surface area contributed by atoms with E-state index in [4.69, 9.17) is 5.73 Å². The summed E-state index contributed by atoms with van der Waals surface area (Å²) in [5, 5.41) is 0. The molecule has 1 aromatic carbocycles. The minimum Gasteiger partial charge on any atom is -0.399 e. The number of urea groups is 1. The lowest BCUT2D eigenvalue weighted by molar-refractivity contribution is 0.151. The standard InChI is InChI=1S/C14H21N3O/c1-16(11-12-5-7-13(15)8-6-12)14(18)17-9-3-2-4-10-17/h5-8H,2-4,9-11,15H2,1H3. The van der Waals surface area contributed by atoms with Crippen LogP contribution < -0.4 is 5.73 Å². The maximum atomic E-state index is 12.2. The highest BCUT2D eigenvalue weighted by molar-refractivity contribution is 5.74. The lowest BCUT2D eigenvalue weighted by atomic mass is 10.1. The predicted octanol–water partition coefficient (Wildman–Crippen LogP) is 2.31. The Morgan fingerprint density at radius 1 is 1.22 bits per heavy atom. The van der Waals surface area contributed by atoms with Gasteiger partial charge >= 0.3 is 6.03 Å². The van der Waals surface area contributed by atoms with Crippen LogP contribution in [0.4, 0.5) is 10.5 Å². The van der Waals surface area contributed by atoms with Crippen LogP contribution in [0.2, 0.25) is 0 Å². The summed E-state index contributed by atoms with van der Waals surface area (Å²) in [5.41, 5.74) is 7.51. The molecule has 1 heterocycles. The van der Waals surface area contributed by atoms with E-state index < -0.39 is 0 Å². The summed E-state index contributed by atoms with van der Waals surface area (Å²) in [4.78, 5) is 15.9. The Balaban J connectivity index is 1.92. The number of amides is 2. The molecule has 0 aliphatic carbocycles. The Hall–Kier alpha value is -1.71. The van der Waals surface area contributed by atoms with Crippen molar-refractivity contribution in [2.45, 2.75) is 25.8 Å². The van der Waals surface area contributed by atoms with Crippen molar-refractivity contribution >= 4 is 11.7 Å². The molecular formula is C14H21N3O. The number of anilines is 1. The Labute approximate surface area is 108 Å². The second-order valence-corrected chi connectivity index (χ2v) is 4.93. The molecule has 4 nitrogen and oxygen atoms in total. The Morgan fingerprint density at radius 2 is 1.83 bits per heavy atom. The van der Waals surface area contributed by atoms with E-state index in [1.54, 1.807) is 4.90 Å². The van der Waals surface area contributed by atoms with Crippen molar-refractivity contribution in [1.82, 2.24) is 9.80 Å². The van der Waals surface area contributed by atoms with Crippen molar-refractivity contribution in [3.63, 3.8) is 0 Å². The molecule has 0 aromatic heterocycles. The molecule has 98 valence electrons. The fraction of sp³-hybridized carbons (Fsp3) is 0.500. The van der Waals surface area contributed by atoms with Crippen LogP contribution >= 0.6 is 0 Å². The van der Waals surface area contributed by atoms with E-state index in [0.29, 0.717) is 6.54 Å². The summed E-state index contributed by atoms with van der Waals surface area (Å²) in [6.07, 6.45) is 3.49. The van der Waals surface area contributed by atoms with E-state index in [9.17, 15) is 4.79 Å². The number of hydrogen-bond donors (Lipinski definition) is 1. The van der Waals surface area contributed by atoms with Gasteiger partial charge in [-0.05, 0) is 37.0 Å². The molecule has 0 saturated carbocycles.